The Bertz CT molecular complexity index is 937. The molecule has 0 saturated carbocycles. The first-order chi connectivity index (χ1) is 14.8. The number of amides is 2. The molecule has 4 atom stereocenters. The zero-order valence-corrected chi connectivity index (χ0v) is 18.1. The van der Waals surface area contributed by atoms with E-state index in [0.29, 0.717) is 36.6 Å². The first-order valence-electron chi connectivity index (χ1n) is 10.1. The monoisotopic (exact) mass is 443 g/mol. The van der Waals surface area contributed by atoms with Crippen molar-refractivity contribution in [3.8, 4) is 5.75 Å². The van der Waals surface area contributed by atoms with E-state index in [1.165, 1.54) is 0 Å². The van der Waals surface area contributed by atoms with Gasteiger partial charge in [-0.2, -0.15) is 12.6 Å². The molecule has 9 heteroatoms. The van der Waals surface area contributed by atoms with Crippen molar-refractivity contribution in [1.82, 2.24) is 5.32 Å². The molecule has 0 saturated heterocycles. The molecule has 9 N–H and O–H groups in total. The van der Waals surface area contributed by atoms with Crippen molar-refractivity contribution in [1.29, 1.82) is 0 Å². The highest BCUT2D eigenvalue weighted by atomic mass is 32.1. The highest BCUT2D eigenvalue weighted by Crippen LogP contribution is 2.39. The SMILES string of the molecule is NC(=O)c1cccc2c1OC([C@H](Cc1ccc(N)cc1)C(N)=O)CC2NC[C@@H](N)CS. The summed E-state index contributed by atoms with van der Waals surface area (Å²) in [5.41, 5.74) is 25.7. The molecule has 1 aliphatic rings. The Morgan fingerprint density at radius 2 is 1.87 bits per heavy atom. The summed E-state index contributed by atoms with van der Waals surface area (Å²) in [6, 6.07) is 12.2. The quantitative estimate of drug-likeness (QED) is 0.248. The van der Waals surface area contributed by atoms with E-state index in [4.69, 9.17) is 27.7 Å². The largest absolute Gasteiger partial charge is 0.488 e. The lowest BCUT2D eigenvalue weighted by atomic mass is 9.85. The second kappa shape index (κ2) is 10.0. The number of benzene rings is 2. The number of ether oxygens (including phenoxy) is 1. The van der Waals surface area contributed by atoms with Crippen LogP contribution in [0.2, 0.25) is 0 Å². The molecule has 31 heavy (non-hydrogen) atoms. The number of primary amides is 2. The molecule has 2 aromatic rings. The lowest BCUT2D eigenvalue weighted by Crippen LogP contribution is -2.45. The van der Waals surface area contributed by atoms with Crippen molar-refractivity contribution in [3.63, 3.8) is 0 Å². The van der Waals surface area contributed by atoms with Crippen molar-refractivity contribution in [2.45, 2.75) is 31.0 Å². The van der Waals surface area contributed by atoms with Gasteiger partial charge in [-0.15, -0.1) is 0 Å². The van der Waals surface area contributed by atoms with Gasteiger partial charge in [0.15, 0.2) is 0 Å². The maximum absolute atomic E-state index is 12.4. The minimum absolute atomic E-state index is 0.144. The zero-order chi connectivity index (χ0) is 22.5. The topological polar surface area (TPSA) is 159 Å². The molecule has 0 aromatic heterocycles. The number of nitrogens with one attached hydrogen (secondary N) is 1. The van der Waals surface area contributed by atoms with Gasteiger partial charge < -0.3 is 33.0 Å². The van der Waals surface area contributed by atoms with Crippen molar-refractivity contribution in [2.24, 2.45) is 23.1 Å². The normalized spacial score (nSPS) is 19.7. The second-order valence-corrected chi connectivity index (χ2v) is 8.20. The summed E-state index contributed by atoms with van der Waals surface area (Å²) in [6.07, 6.45) is 0.321. The van der Waals surface area contributed by atoms with Crippen LogP contribution < -0.4 is 33.0 Å². The van der Waals surface area contributed by atoms with Gasteiger partial charge >= 0.3 is 0 Å². The van der Waals surface area contributed by atoms with Gasteiger partial charge in [-0.3, -0.25) is 9.59 Å². The van der Waals surface area contributed by atoms with E-state index in [1.807, 2.05) is 18.2 Å². The predicted octanol–water partition coefficient (Wildman–Crippen LogP) is 0.751. The van der Waals surface area contributed by atoms with E-state index in [1.54, 1.807) is 24.3 Å². The third-order valence-electron chi connectivity index (χ3n) is 5.53. The lowest BCUT2D eigenvalue weighted by Gasteiger charge is -2.37. The number of hydrogen-bond acceptors (Lipinski definition) is 7. The van der Waals surface area contributed by atoms with Gasteiger partial charge in [0.1, 0.15) is 11.9 Å². The highest BCUT2D eigenvalue weighted by molar-refractivity contribution is 7.80. The van der Waals surface area contributed by atoms with Crippen LogP contribution in [0.15, 0.2) is 42.5 Å². The van der Waals surface area contributed by atoms with E-state index in [9.17, 15) is 9.59 Å². The Kier molecular flexibility index (Phi) is 7.42. The Labute approximate surface area is 187 Å². The van der Waals surface area contributed by atoms with Crippen LogP contribution in [-0.4, -0.2) is 36.3 Å². The summed E-state index contributed by atoms with van der Waals surface area (Å²) < 4.78 is 6.19. The number of carbonyl (C=O) groups excluding carboxylic acids is 2. The van der Waals surface area contributed by atoms with Crippen LogP contribution in [0.3, 0.4) is 0 Å². The van der Waals surface area contributed by atoms with E-state index in [-0.39, 0.29) is 17.6 Å². The standard InChI is InChI=1S/C22H29N5O3S/c23-13-6-4-12(5-7-13)8-17(22(26)29)19-9-18(27-10-14(24)11-31)15-2-1-3-16(21(25)28)20(15)30-19/h1-7,14,17-19,27,31H,8-11,23-24H2,(H2,25,28)(H2,26,29)/t14-,17+,18?,19?/m1/s1. The summed E-state index contributed by atoms with van der Waals surface area (Å²) in [5.74, 6) is -0.785. The van der Waals surface area contributed by atoms with Gasteiger partial charge in [-0.1, -0.05) is 24.3 Å². The number of carbonyl (C=O) groups is 2. The molecule has 0 radical (unpaired) electrons. The van der Waals surface area contributed by atoms with Crippen LogP contribution in [0.5, 0.6) is 5.75 Å². The van der Waals surface area contributed by atoms with Crippen molar-refractivity contribution < 1.29 is 14.3 Å². The number of para-hydroxylation sites is 1. The van der Waals surface area contributed by atoms with Crippen molar-refractivity contribution in [3.05, 3.63) is 59.2 Å². The van der Waals surface area contributed by atoms with E-state index >= 15 is 0 Å². The number of nitrogen functional groups attached to an aromatic ring is 1. The third-order valence-corrected chi connectivity index (χ3v) is 6.00. The molecule has 2 amide bonds. The van der Waals surface area contributed by atoms with E-state index < -0.39 is 23.8 Å². The second-order valence-electron chi connectivity index (χ2n) is 7.84. The molecule has 0 aliphatic carbocycles. The average Bonchev–Trinajstić information content (AvgIpc) is 2.75. The first kappa shape index (κ1) is 22.9. The van der Waals surface area contributed by atoms with E-state index in [2.05, 4.69) is 17.9 Å². The maximum atomic E-state index is 12.4. The van der Waals surface area contributed by atoms with Gasteiger partial charge in [0.25, 0.3) is 5.91 Å². The number of thiol groups is 1. The molecule has 1 aliphatic heterocycles. The summed E-state index contributed by atoms with van der Waals surface area (Å²) in [7, 11) is 0. The molecule has 3 rings (SSSR count). The molecular weight excluding hydrogens is 414 g/mol. The lowest BCUT2D eigenvalue weighted by molar-refractivity contribution is -0.125. The summed E-state index contributed by atoms with van der Waals surface area (Å²) in [6.45, 7) is 0.514. The van der Waals surface area contributed by atoms with Gasteiger partial charge in [0, 0.05) is 42.1 Å². The number of rotatable bonds is 9. The maximum Gasteiger partial charge on any atom is 0.252 e. The average molecular weight is 444 g/mol. The fourth-order valence-electron chi connectivity index (χ4n) is 3.83. The molecule has 2 unspecified atom stereocenters. The molecular formula is C22H29N5O3S. The number of anilines is 1. The van der Waals surface area contributed by atoms with Gasteiger partial charge in [-0.05, 0) is 30.2 Å². The Hall–Kier alpha value is -2.75. The molecule has 1 heterocycles. The summed E-state index contributed by atoms with van der Waals surface area (Å²) >= 11 is 4.23. The van der Waals surface area contributed by atoms with Gasteiger partial charge in [0.05, 0.1) is 11.5 Å². The molecule has 0 fully saturated rings. The minimum atomic E-state index is -0.611. The predicted molar refractivity (Wildman–Crippen MR) is 124 cm³/mol. The highest BCUT2D eigenvalue weighted by Gasteiger charge is 2.37. The first-order valence-corrected chi connectivity index (χ1v) is 10.8. The Balaban J connectivity index is 1.93. The molecule has 2 aromatic carbocycles. The molecule has 0 bridgehead atoms. The van der Waals surface area contributed by atoms with Crippen molar-refractivity contribution >= 4 is 30.1 Å². The van der Waals surface area contributed by atoms with Crippen LogP contribution in [0.25, 0.3) is 0 Å². The van der Waals surface area contributed by atoms with E-state index in [0.717, 1.165) is 11.1 Å². The molecule has 0 spiro atoms. The number of hydrogen-bond donors (Lipinski definition) is 6. The fraction of sp³-hybridized carbons (Fsp3) is 0.364. The molecule has 166 valence electrons. The minimum Gasteiger partial charge on any atom is -0.488 e. The number of fused-ring (bicyclic) bond motifs is 1. The van der Waals surface area contributed by atoms with Crippen LogP contribution in [0, 0.1) is 5.92 Å². The van der Waals surface area contributed by atoms with Crippen LogP contribution in [0.1, 0.15) is 33.9 Å². The fourth-order valence-corrected chi connectivity index (χ4v) is 3.96. The summed E-state index contributed by atoms with van der Waals surface area (Å²) in [5, 5.41) is 3.42. The zero-order valence-electron chi connectivity index (χ0n) is 17.2. The van der Waals surface area contributed by atoms with Crippen LogP contribution in [-0.2, 0) is 11.2 Å². The van der Waals surface area contributed by atoms with Gasteiger partial charge in [-0.25, -0.2) is 0 Å². The Morgan fingerprint density at radius 1 is 1.16 bits per heavy atom. The Morgan fingerprint density at radius 3 is 2.48 bits per heavy atom. The molecule has 8 nitrogen and oxygen atoms in total. The third kappa shape index (κ3) is 5.49. The van der Waals surface area contributed by atoms with Gasteiger partial charge in [0.2, 0.25) is 5.91 Å². The van der Waals surface area contributed by atoms with Crippen molar-refractivity contribution in [2.75, 3.05) is 18.0 Å². The van der Waals surface area contributed by atoms with Crippen LogP contribution >= 0.6 is 12.6 Å². The smallest absolute Gasteiger partial charge is 0.252 e. The number of nitrogens with two attached hydrogens (primary N) is 4. The summed E-state index contributed by atoms with van der Waals surface area (Å²) in [4.78, 5) is 24.4. The van der Waals surface area contributed by atoms with Crippen LogP contribution in [0.4, 0.5) is 5.69 Å².